The van der Waals surface area contributed by atoms with Gasteiger partial charge in [-0.2, -0.15) is 0 Å². The molecule has 3 rings (SSSR count). The van der Waals surface area contributed by atoms with Crippen molar-refractivity contribution < 1.29 is 4.79 Å². The van der Waals surface area contributed by atoms with Crippen molar-refractivity contribution in [2.75, 3.05) is 0 Å². The second-order valence-corrected chi connectivity index (χ2v) is 8.61. The molecule has 2 aromatic rings. The van der Waals surface area contributed by atoms with Crippen LogP contribution in [0.1, 0.15) is 87.2 Å². The first-order chi connectivity index (χ1) is 13.2. The van der Waals surface area contributed by atoms with Crippen molar-refractivity contribution in [3.05, 3.63) is 67.8 Å². The molecule has 1 saturated carbocycles. The van der Waals surface area contributed by atoms with Crippen LogP contribution in [0.15, 0.2) is 12.1 Å². The lowest BCUT2D eigenvalue weighted by molar-refractivity contribution is -0.120. The highest BCUT2D eigenvalue weighted by Gasteiger charge is 2.23. The molecule has 0 aliphatic heterocycles. The summed E-state index contributed by atoms with van der Waals surface area (Å²) in [7, 11) is 0. The summed E-state index contributed by atoms with van der Waals surface area (Å²) in [5, 5.41) is 0. The summed E-state index contributed by atoms with van der Waals surface area (Å²) < 4.78 is 0. The Balaban J connectivity index is 2.02. The van der Waals surface area contributed by atoms with Gasteiger partial charge < -0.3 is 0 Å². The number of carbonyl (C=O) groups is 1. The summed E-state index contributed by atoms with van der Waals surface area (Å²) in [6.45, 7) is 15.3. The first-order valence-corrected chi connectivity index (χ1v) is 10.4. The highest BCUT2D eigenvalue weighted by Crippen LogP contribution is 2.35. The van der Waals surface area contributed by atoms with E-state index in [9.17, 15) is 4.79 Å². The van der Waals surface area contributed by atoms with E-state index in [-0.39, 0.29) is 0 Å². The topological polar surface area (TPSA) is 17.1 Å². The lowest BCUT2D eigenvalue weighted by Gasteiger charge is -2.25. The normalized spacial score (nSPS) is 14.8. The van der Waals surface area contributed by atoms with Crippen LogP contribution in [0.25, 0.3) is 0 Å². The van der Waals surface area contributed by atoms with E-state index in [0.717, 1.165) is 36.8 Å². The standard InChI is InChI=1S/C27H32O/c1-16-14-17(2)25(20(5)19(16)4)12-13-26-18(3)15-27(22(7)21(26)6)23-8-10-24(28)11-9-23/h14-15,23H,8-11H2,1-7H3. The Morgan fingerprint density at radius 3 is 1.75 bits per heavy atom. The quantitative estimate of drug-likeness (QED) is 0.524. The van der Waals surface area contributed by atoms with E-state index >= 15 is 0 Å². The molecule has 0 bridgehead atoms. The third-order valence-corrected chi connectivity index (χ3v) is 6.79. The molecule has 0 amide bonds. The van der Waals surface area contributed by atoms with Crippen LogP contribution in [0.4, 0.5) is 0 Å². The van der Waals surface area contributed by atoms with Crippen molar-refractivity contribution in [2.24, 2.45) is 0 Å². The second-order valence-electron chi connectivity index (χ2n) is 8.61. The van der Waals surface area contributed by atoms with Crippen molar-refractivity contribution in [2.45, 2.75) is 80.1 Å². The number of benzene rings is 2. The summed E-state index contributed by atoms with van der Waals surface area (Å²) in [4.78, 5) is 11.6. The van der Waals surface area contributed by atoms with Gasteiger partial charge in [-0.1, -0.05) is 24.0 Å². The molecule has 0 aromatic heterocycles. The van der Waals surface area contributed by atoms with Gasteiger partial charge in [0.25, 0.3) is 0 Å². The number of rotatable bonds is 1. The van der Waals surface area contributed by atoms with Crippen LogP contribution in [0.2, 0.25) is 0 Å². The van der Waals surface area contributed by atoms with Crippen LogP contribution in [0, 0.1) is 60.3 Å². The minimum Gasteiger partial charge on any atom is -0.300 e. The second kappa shape index (κ2) is 7.96. The molecule has 1 aliphatic carbocycles. The molecule has 1 aliphatic rings. The van der Waals surface area contributed by atoms with Gasteiger partial charge in [0.2, 0.25) is 0 Å². The Kier molecular flexibility index (Phi) is 5.80. The first-order valence-electron chi connectivity index (χ1n) is 10.4. The highest BCUT2D eigenvalue weighted by molar-refractivity contribution is 5.79. The first kappa shape index (κ1) is 20.4. The van der Waals surface area contributed by atoms with Crippen molar-refractivity contribution in [3.8, 4) is 11.8 Å². The SMILES string of the molecule is Cc1cc(C)c(C#Cc2c(C)cc(C3CCC(=O)CC3)c(C)c2C)c(C)c1C. The summed E-state index contributed by atoms with van der Waals surface area (Å²) in [6, 6.07) is 4.57. The van der Waals surface area contributed by atoms with E-state index in [0.29, 0.717) is 11.7 Å². The molecular weight excluding hydrogens is 340 g/mol. The van der Waals surface area contributed by atoms with Crippen molar-refractivity contribution in [1.82, 2.24) is 0 Å². The predicted octanol–water partition coefficient (Wildman–Crippen LogP) is 6.47. The lowest BCUT2D eigenvalue weighted by atomic mass is 9.79. The Morgan fingerprint density at radius 2 is 1.18 bits per heavy atom. The molecule has 146 valence electrons. The van der Waals surface area contributed by atoms with Crippen LogP contribution in [-0.2, 0) is 4.79 Å². The Hall–Kier alpha value is -2.33. The summed E-state index contributed by atoms with van der Waals surface area (Å²) in [5.74, 6) is 7.92. The average Bonchev–Trinajstić information content (AvgIpc) is 2.66. The van der Waals surface area contributed by atoms with E-state index in [1.165, 1.54) is 44.5 Å². The fraction of sp³-hybridized carbons (Fsp3) is 0.444. The van der Waals surface area contributed by atoms with Crippen LogP contribution >= 0.6 is 0 Å². The van der Waals surface area contributed by atoms with E-state index in [1.54, 1.807) is 0 Å². The molecular formula is C27H32O. The molecule has 28 heavy (non-hydrogen) atoms. The van der Waals surface area contributed by atoms with Gasteiger partial charge in [-0.25, -0.2) is 0 Å². The Labute approximate surface area is 170 Å². The van der Waals surface area contributed by atoms with Crippen molar-refractivity contribution in [1.29, 1.82) is 0 Å². The van der Waals surface area contributed by atoms with Gasteiger partial charge in [-0.3, -0.25) is 4.79 Å². The largest absolute Gasteiger partial charge is 0.300 e. The Morgan fingerprint density at radius 1 is 0.679 bits per heavy atom. The summed E-state index contributed by atoms with van der Waals surface area (Å²) >= 11 is 0. The summed E-state index contributed by atoms with van der Waals surface area (Å²) in [5.41, 5.74) is 12.8. The third-order valence-electron chi connectivity index (χ3n) is 6.79. The zero-order valence-electron chi connectivity index (χ0n) is 18.5. The molecule has 1 nitrogen and oxygen atoms in total. The maximum absolute atomic E-state index is 11.6. The van der Waals surface area contributed by atoms with Gasteiger partial charge >= 0.3 is 0 Å². The number of Topliss-reactive ketones (excluding diaryl/α,β-unsaturated/α-hetero) is 1. The smallest absolute Gasteiger partial charge is 0.132 e. The lowest BCUT2D eigenvalue weighted by Crippen LogP contribution is -2.14. The van der Waals surface area contributed by atoms with E-state index in [1.807, 2.05) is 0 Å². The number of aryl methyl sites for hydroxylation is 3. The fourth-order valence-electron chi connectivity index (χ4n) is 4.58. The van der Waals surface area contributed by atoms with Gasteiger partial charge in [0.05, 0.1) is 0 Å². The maximum atomic E-state index is 11.6. The van der Waals surface area contributed by atoms with Gasteiger partial charge in [0.1, 0.15) is 5.78 Å². The van der Waals surface area contributed by atoms with E-state index in [4.69, 9.17) is 0 Å². The molecule has 0 atom stereocenters. The molecule has 2 aromatic carbocycles. The van der Waals surface area contributed by atoms with Crippen molar-refractivity contribution in [3.63, 3.8) is 0 Å². The molecule has 1 fully saturated rings. The third kappa shape index (κ3) is 3.79. The highest BCUT2D eigenvalue weighted by atomic mass is 16.1. The van der Waals surface area contributed by atoms with Crippen LogP contribution in [0.5, 0.6) is 0 Å². The maximum Gasteiger partial charge on any atom is 0.132 e. The Bertz CT molecular complexity index is 1000. The van der Waals surface area contributed by atoms with Gasteiger partial charge in [0, 0.05) is 24.0 Å². The summed E-state index contributed by atoms with van der Waals surface area (Å²) in [6.07, 6.45) is 3.44. The number of ketones is 1. The van der Waals surface area contributed by atoms with E-state index < -0.39 is 0 Å². The van der Waals surface area contributed by atoms with Gasteiger partial charge in [-0.05, 0) is 112 Å². The number of hydrogen-bond donors (Lipinski definition) is 0. The molecule has 0 saturated heterocycles. The minimum atomic E-state index is 0.420. The molecule has 0 radical (unpaired) electrons. The molecule has 0 unspecified atom stereocenters. The molecule has 0 N–H and O–H groups in total. The number of hydrogen-bond acceptors (Lipinski definition) is 1. The van der Waals surface area contributed by atoms with Crippen LogP contribution in [0.3, 0.4) is 0 Å². The minimum absolute atomic E-state index is 0.420. The average molecular weight is 373 g/mol. The molecule has 0 heterocycles. The van der Waals surface area contributed by atoms with E-state index in [2.05, 4.69) is 72.4 Å². The monoisotopic (exact) mass is 372 g/mol. The predicted molar refractivity (Wildman–Crippen MR) is 118 cm³/mol. The van der Waals surface area contributed by atoms with Gasteiger partial charge in [-0.15, -0.1) is 0 Å². The van der Waals surface area contributed by atoms with Crippen molar-refractivity contribution >= 4 is 5.78 Å². The van der Waals surface area contributed by atoms with Gasteiger partial charge in [0.15, 0.2) is 0 Å². The zero-order chi connectivity index (χ0) is 20.6. The molecule has 0 spiro atoms. The molecule has 1 heteroatoms. The van der Waals surface area contributed by atoms with Crippen LogP contribution in [-0.4, -0.2) is 5.78 Å². The van der Waals surface area contributed by atoms with Crippen LogP contribution < -0.4 is 0 Å². The number of carbonyl (C=O) groups excluding carboxylic acids is 1. The fourth-order valence-corrected chi connectivity index (χ4v) is 4.58. The zero-order valence-corrected chi connectivity index (χ0v) is 18.5.